The van der Waals surface area contributed by atoms with Crippen LogP contribution in [0.1, 0.15) is 112 Å². The second-order valence-electron chi connectivity index (χ2n) is 11.0. The van der Waals surface area contributed by atoms with Crippen molar-refractivity contribution in [3.8, 4) is 0 Å². The molecule has 0 aromatic heterocycles. The van der Waals surface area contributed by atoms with Gasteiger partial charge in [0.05, 0.1) is 6.61 Å². The zero-order valence-corrected chi connectivity index (χ0v) is 21.2. The summed E-state index contributed by atoms with van der Waals surface area (Å²) in [7, 11) is 2.03. The maximum atomic E-state index is 13.2. The van der Waals surface area contributed by atoms with Gasteiger partial charge >= 0.3 is 12.1 Å². The summed E-state index contributed by atoms with van der Waals surface area (Å²) >= 11 is 0. The number of rotatable bonds is 11. The first kappa shape index (κ1) is 26.6. The van der Waals surface area contributed by atoms with Gasteiger partial charge < -0.3 is 10.1 Å². The zero-order valence-electron chi connectivity index (χ0n) is 21.2. The van der Waals surface area contributed by atoms with Crippen LogP contribution in [0.2, 0.25) is 0 Å². The lowest BCUT2D eigenvalue weighted by molar-refractivity contribution is -0.138. The lowest BCUT2D eigenvalue weighted by Gasteiger charge is -2.56. The summed E-state index contributed by atoms with van der Waals surface area (Å²) in [4.78, 5) is 41.3. The predicted molar refractivity (Wildman–Crippen MR) is 126 cm³/mol. The minimum Gasteiger partial charge on any atom is -0.449 e. The van der Waals surface area contributed by atoms with Crippen molar-refractivity contribution in [1.29, 1.82) is 0 Å². The number of hydrogen-bond acceptors (Lipinski definition) is 5. The van der Waals surface area contributed by atoms with E-state index >= 15 is 0 Å². The maximum absolute atomic E-state index is 13.2. The molecule has 7 nitrogen and oxygen atoms in total. The highest BCUT2D eigenvalue weighted by Crippen LogP contribution is 2.45. The molecule has 0 unspecified atom stereocenters. The number of imide groups is 3. The van der Waals surface area contributed by atoms with Gasteiger partial charge in [0.2, 0.25) is 0 Å². The second-order valence-corrected chi connectivity index (χ2v) is 11.0. The molecule has 0 aromatic rings. The summed E-state index contributed by atoms with van der Waals surface area (Å²) < 4.78 is 5.29. The number of ether oxygens (including phenoxy) is 1. The Morgan fingerprint density at radius 3 is 1.84 bits per heavy atom. The Hall–Kier alpha value is -1.63. The van der Waals surface area contributed by atoms with Crippen LogP contribution in [-0.4, -0.2) is 58.1 Å². The lowest BCUT2D eigenvalue weighted by atomic mass is 9.69. The van der Waals surface area contributed by atoms with Crippen LogP contribution in [0, 0.1) is 0 Å². The second kappa shape index (κ2) is 11.0. The van der Waals surface area contributed by atoms with Gasteiger partial charge in [0, 0.05) is 11.1 Å². The smallest absolute Gasteiger partial charge is 0.425 e. The van der Waals surface area contributed by atoms with Crippen molar-refractivity contribution in [2.75, 3.05) is 13.7 Å². The molecule has 0 bridgehead atoms. The quantitative estimate of drug-likeness (QED) is 0.326. The summed E-state index contributed by atoms with van der Waals surface area (Å²) in [5.74, 6) is -0.482. The van der Waals surface area contributed by atoms with Crippen LogP contribution < -0.4 is 5.32 Å². The number of likely N-dealkylation sites (tertiary alicyclic amines) is 1. The fourth-order valence-corrected chi connectivity index (χ4v) is 5.44. The van der Waals surface area contributed by atoms with Crippen molar-refractivity contribution in [3.63, 3.8) is 0 Å². The van der Waals surface area contributed by atoms with Crippen LogP contribution in [0.5, 0.6) is 0 Å². The van der Waals surface area contributed by atoms with Crippen molar-refractivity contribution in [3.05, 3.63) is 0 Å². The summed E-state index contributed by atoms with van der Waals surface area (Å²) in [5, 5.41) is 2.83. The van der Waals surface area contributed by atoms with Crippen LogP contribution in [0.25, 0.3) is 0 Å². The molecule has 0 aliphatic carbocycles. The fraction of sp³-hybridized carbons (Fsp3) is 0.880. The first-order valence-corrected chi connectivity index (χ1v) is 12.5. The number of amides is 4. The monoisotopic (exact) mass is 451 g/mol. The largest absolute Gasteiger partial charge is 0.449 e. The molecule has 2 heterocycles. The first-order chi connectivity index (χ1) is 15.0. The molecule has 32 heavy (non-hydrogen) atoms. The number of urea groups is 1. The van der Waals surface area contributed by atoms with Gasteiger partial charge in [-0.25, -0.2) is 9.59 Å². The van der Waals surface area contributed by atoms with Crippen LogP contribution >= 0.6 is 0 Å². The van der Waals surface area contributed by atoms with Gasteiger partial charge in [0.25, 0.3) is 5.91 Å². The van der Waals surface area contributed by atoms with Gasteiger partial charge in [-0.3, -0.25) is 9.69 Å². The van der Waals surface area contributed by atoms with Crippen LogP contribution in [0.4, 0.5) is 9.59 Å². The topological polar surface area (TPSA) is 79.0 Å². The molecule has 1 N–H and O–H groups in total. The molecule has 7 heteroatoms. The SMILES string of the molecule is CCCCCCCCCCCCOC(=O)N1C(=O)NC2(CC(C)(C)N(C)C(C)(C)C2)C1=O. The molecule has 2 rings (SSSR count). The summed E-state index contributed by atoms with van der Waals surface area (Å²) in [6, 6.07) is -0.667. The van der Waals surface area contributed by atoms with Gasteiger partial charge in [-0.15, -0.1) is 0 Å². The van der Waals surface area contributed by atoms with E-state index in [9.17, 15) is 14.4 Å². The van der Waals surface area contributed by atoms with Crippen LogP contribution in [0.3, 0.4) is 0 Å². The van der Waals surface area contributed by atoms with E-state index in [1.807, 2.05) is 7.05 Å². The minimum atomic E-state index is -1.06. The molecule has 1 spiro atoms. The zero-order chi connectivity index (χ0) is 24.0. The normalized spacial score (nSPS) is 21.8. The van der Waals surface area contributed by atoms with E-state index in [0.717, 1.165) is 19.3 Å². The molecule has 2 aliphatic rings. The minimum absolute atomic E-state index is 0.235. The van der Waals surface area contributed by atoms with Crippen molar-refractivity contribution in [2.45, 2.75) is 128 Å². The van der Waals surface area contributed by atoms with Crippen molar-refractivity contribution in [1.82, 2.24) is 15.1 Å². The third kappa shape index (κ3) is 6.24. The molecule has 2 fully saturated rings. The van der Waals surface area contributed by atoms with E-state index in [1.54, 1.807) is 0 Å². The molecule has 4 amide bonds. The molecular weight excluding hydrogens is 406 g/mol. The molecule has 2 aliphatic heterocycles. The predicted octanol–water partition coefficient (Wildman–Crippen LogP) is 5.62. The van der Waals surface area contributed by atoms with E-state index < -0.39 is 23.6 Å². The van der Waals surface area contributed by atoms with Gasteiger partial charge in [0.1, 0.15) is 5.54 Å². The van der Waals surface area contributed by atoms with Gasteiger partial charge in [-0.1, -0.05) is 64.7 Å². The average molecular weight is 452 g/mol. The highest BCUT2D eigenvalue weighted by Gasteiger charge is 2.62. The molecule has 2 saturated heterocycles. The number of piperidine rings is 1. The fourth-order valence-electron chi connectivity index (χ4n) is 5.44. The highest BCUT2D eigenvalue weighted by atomic mass is 16.6. The number of unbranched alkanes of at least 4 members (excludes halogenated alkanes) is 9. The first-order valence-electron chi connectivity index (χ1n) is 12.5. The Bertz CT molecular complexity index is 656. The Morgan fingerprint density at radius 2 is 1.34 bits per heavy atom. The number of carbonyl (C=O) groups excluding carboxylic acids is 3. The van der Waals surface area contributed by atoms with Crippen molar-refractivity contribution in [2.24, 2.45) is 0 Å². The summed E-state index contributed by atoms with van der Waals surface area (Å²) in [6.07, 6.45) is 11.9. The van der Waals surface area contributed by atoms with E-state index in [4.69, 9.17) is 4.74 Å². The molecule has 0 aromatic carbocycles. The van der Waals surface area contributed by atoms with E-state index in [1.165, 1.54) is 44.9 Å². The van der Waals surface area contributed by atoms with E-state index in [-0.39, 0.29) is 17.7 Å². The molecule has 0 atom stereocenters. The standard InChI is InChI=1S/C25H45N3O4/c1-7-8-9-10-11-12-13-14-15-16-17-32-22(31)28-20(29)25(26-21(28)30)18-23(2,3)27(6)24(4,5)19-25/h7-19H2,1-6H3,(H,26,30). The number of nitrogens with one attached hydrogen (secondary N) is 1. The molecule has 184 valence electrons. The van der Waals surface area contributed by atoms with E-state index in [2.05, 4.69) is 44.8 Å². The number of hydrogen-bond donors (Lipinski definition) is 1. The van der Waals surface area contributed by atoms with Crippen molar-refractivity contribution < 1.29 is 19.1 Å². The van der Waals surface area contributed by atoms with Gasteiger partial charge in [-0.05, 0) is 54.0 Å². The Labute approximate surface area is 194 Å². The Balaban J connectivity index is 1.77. The maximum Gasteiger partial charge on any atom is 0.425 e. The Morgan fingerprint density at radius 1 is 0.875 bits per heavy atom. The summed E-state index contributed by atoms with van der Waals surface area (Å²) in [6.45, 7) is 10.7. The van der Waals surface area contributed by atoms with Gasteiger partial charge in [-0.2, -0.15) is 4.90 Å². The highest BCUT2D eigenvalue weighted by molar-refractivity contribution is 6.17. The van der Waals surface area contributed by atoms with Crippen molar-refractivity contribution >= 4 is 18.0 Å². The molecule has 0 saturated carbocycles. The van der Waals surface area contributed by atoms with E-state index in [0.29, 0.717) is 17.7 Å². The van der Waals surface area contributed by atoms with Gasteiger partial charge in [0.15, 0.2) is 0 Å². The third-order valence-corrected chi connectivity index (χ3v) is 7.35. The lowest BCUT2D eigenvalue weighted by Crippen LogP contribution is -2.68. The van der Waals surface area contributed by atoms with Crippen LogP contribution in [-0.2, 0) is 9.53 Å². The molecule has 0 radical (unpaired) electrons. The Kier molecular flexibility index (Phi) is 9.15. The molecular formula is C25H45N3O4. The average Bonchev–Trinajstić information content (AvgIpc) is 2.92. The number of carbonyl (C=O) groups is 3. The summed E-state index contributed by atoms with van der Waals surface area (Å²) in [5.41, 5.74) is -1.67. The van der Waals surface area contributed by atoms with Crippen LogP contribution in [0.15, 0.2) is 0 Å². The third-order valence-electron chi connectivity index (χ3n) is 7.35. The number of nitrogens with zero attached hydrogens (tertiary/aromatic N) is 2.